The number of hydrogen-bond acceptors (Lipinski definition) is 2. The predicted octanol–water partition coefficient (Wildman–Crippen LogP) is 3.29. The van der Waals surface area contributed by atoms with E-state index in [-0.39, 0.29) is 29.1 Å². The summed E-state index contributed by atoms with van der Waals surface area (Å²) >= 11 is 0. The molecule has 1 aliphatic carbocycles. The molecule has 0 spiro atoms. The van der Waals surface area contributed by atoms with Crippen LogP contribution >= 0.6 is 12.4 Å². The molecule has 3 N–H and O–H groups in total. The molecule has 1 amide bonds. The van der Waals surface area contributed by atoms with Crippen molar-refractivity contribution in [1.29, 1.82) is 0 Å². The summed E-state index contributed by atoms with van der Waals surface area (Å²) in [7, 11) is 0. The molecule has 2 rings (SSSR count). The lowest BCUT2D eigenvalue weighted by molar-refractivity contribution is -0.121. The van der Waals surface area contributed by atoms with E-state index in [1.165, 1.54) is 17.5 Å². The van der Waals surface area contributed by atoms with Crippen molar-refractivity contribution in [2.45, 2.75) is 57.3 Å². The summed E-state index contributed by atoms with van der Waals surface area (Å²) in [4.78, 5) is 11.7. The molecule has 124 valence electrons. The fourth-order valence-electron chi connectivity index (χ4n) is 2.98. The molecule has 1 aromatic carbocycles. The van der Waals surface area contributed by atoms with Gasteiger partial charge in [-0.1, -0.05) is 51.5 Å². The minimum atomic E-state index is 0. The van der Waals surface area contributed by atoms with Crippen LogP contribution in [0.25, 0.3) is 0 Å². The summed E-state index contributed by atoms with van der Waals surface area (Å²) in [6, 6.07) is 8.96. The molecule has 0 radical (unpaired) electrons. The van der Waals surface area contributed by atoms with Crippen molar-refractivity contribution in [2.75, 3.05) is 13.1 Å². The second kappa shape index (κ2) is 7.47. The highest BCUT2D eigenvalue weighted by molar-refractivity contribution is 5.85. The number of nitrogens with two attached hydrogens (primary N) is 1. The Labute approximate surface area is 140 Å². The van der Waals surface area contributed by atoms with E-state index in [4.69, 9.17) is 5.73 Å². The average Bonchev–Trinajstić information content (AvgIpc) is 2.37. The van der Waals surface area contributed by atoms with Crippen molar-refractivity contribution < 1.29 is 4.79 Å². The van der Waals surface area contributed by atoms with Gasteiger partial charge in [0.2, 0.25) is 5.91 Å². The molecular weight excluding hydrogens is 296 g/mol. The maximum Gasteiger partial charge on any atom is 0.221 e. The van der Waals surface area contributed by atoms with Crippen LogP contribution in [-0.2, 0) is 15.6 Å². The molecule has 3 nitrogen and oxygen atoms in total. The fourth-order valence-corrected chi connectivity index (χ4v) is 2.98. The first-order chi connectivity index (χ1) is 9.87. The van der Waals surface area contributed by atoms with Gasteiger partial charge >= 0.3 is 0 Å². The number of amides is 1. The van der Waals surface area contributed by atoms with Crippen molar-refractivity contribution in [3.63, 3.8) is 0 Å². The van der Waals surface area contributed by atoms with Gasteiger partial charge in [0.1, 0.15) is 0 Å². The van der Waals surface area contributed by atoms with Gasteiger partial charge in [-0.2, -0.15) is 0 Å². The van der Waals surface area contributed by atoms with Gasteiger partial charge in [-0.25, -0.2) is 0 Å². The molecule has 4 heteroatoms. The lowest BCUT2D eigenvalue weighted by Crippen LogP contribution is -2.45. The van der Waals surface area contributed by atoms with E-state index >= 15 is 0 Å². The largest absolute Gasteiger partial charge is 0.355 e. The molecule has 0 heterocycles. The fraction of sp³-hybridized carbons (Fsp3) is 0.611. The zero-order chi connectivity index (χ0) is 15.5. The molecule has 1 fully saturated rings. The molecule has 0 atom stereocenters. The van der Waals surface area contributed by atoms with Gasteiger partial charge in [0.15, 0.2) is 0 Å². The minimum absolute atomic E-state index is 0. The zero-order valence-electron chi connectivity index (χ0n) is 13.9. The van der Waals surface area contributed by atoms with E-state index in [2.05, 4.69) is 50.4 Å². The van der Waals surface area contributed by atoms with Gasteiger partial charge in [0.25, 0.3) is 0 Å². The molecule has 22 heavy (non-hydrogen) atoms. The Morgan fingerprint density at radius 3 is 2.23 bits per heavy atom. The summed E-state index contributed by atoms with van der Waals surface area (Å²) in [5.41, 5.74) is 8.45. The first-order valence-electron chi connectivity index (χ1n) is 7.95. The van der Waals surface area contributed by atoms with E-state index in [0.29, 0.717) is 13.0 Å². The lowest BCUT2D eigenvalue weighted by Gasteiger charge is -2.43. The number of carbonyl (C=O) groups excluding carboxylic acids is 1. The van der Waals surface area contributed by atoms with Gasteiger partial charge in [-0.3, -0.25) is 4.79 Å². The van der Waals surface area contributed by atoms with E-state index in [0.717, 1.165) is 19.4 Å². The van der Waals surface area contributed by atoms with Crippen LogP contribution in [0.4, 0.5) is 0 Å². The van der Waals surface area contributed by atoms with Gasteiger partial charge < -0.3 is 11.1 Å². The number of nitrogens with one attached hydrogen (secondary N) is 1. The first-order valence-corrected chi connectivity index (χ1v) is 7.95. The lowest BCUT2D eigenvalue weighted by atomic mass is 9.64. The van der Waals surface area contributed by atoms with Crippen LogP contribution in [0, 0.1) is 0 Å². The first kappa shape index (κ1) is 19.0. The molecule has 0 aromatic heterocycles. The Kier molecular flexibility index (Phi) is 6.45. The van der Waals surface area contributed by atoms with Gasteiger partial charge in [-0.15, -0.1) is 12.4 Å². The number of benzene rings is 1. The Hall–Kier alpha value is -1.06. The van der Waals surface area contributed by atoms with Gasteiger partial charge in [0.05, 0.1) is 0 Å². The van der Waals surface area contributed by atoms with Crippen LogP contribution in [0.15, 0.2) is 24.3 Å². The van der Waals surface area contributed by atoms with Crippen LogP contribution in [0.5, 0.6) is 0 Å². The average molecular weight is 325 g/mol. The molecule has 1 saturated carbocycles. The monoisotopic (exact) mass is 324 g/mol. The minimum Gasteiger partial charge on any atom is -0.355 e. The number of hydrogen-bond donors (Lipinski definition) is 2. The number of rotatable bonds is 5. The van der Waals surface area contributed by atoms with E-state index in [9.17, 15) is 4.79 Å². The van der Waals surface area contributed by atoms with Crippen LogP contribution in [0.3, 0.4) is 0 Å². The SMILES string of the molecule is CC(C)(C)c1ccc(C2(CNC(=O)CCN)CCC2)cc1.Cl. The second-order valence-corrected chi connectivity index (χ2v) is 7.28. The van der Waals surface area contributed by atoms with Crippen molar-refractivity contribution in [3.05, 3.63) is 35.4 Å². The van der Waals surface area contributed by atoms with Crippen molar-refractivity contribution in [1.82, 2.24) is 5.32 Å². The van der Waals surface area contributed by atoms with Crippen LogP contribution < -0.4 is 11.1 Å². The third-order valence-electron chi connectivity index (χ3n) is 4.67. The van der Waals surface area contributed by atoms with Crippen molar-refractivity contribution >= 4 is 18.3 Å². The third-order valence-corrected chi connectivity index (χ3v) is 4.67. The Morgan fingerprint density at radius 1 is 1.23 bits per heavy atom. The molecule has 0 unspecified atom stereocenters. The summed E-state index contributed by atoms with van der Waals surface area (Å²) in [6.07, 6.45) is 3.97. The molecule has 1 aromatic rings. The Balaban J connectivity index is 0.00000242. The van der Waals surface area contributed by atoms with Crippen LogP contribution in [0.2, 0.25) is 0 Å². The Morgan fingerprint density at radius 2 is 1.82 bits per heavy atom. The standard InChI is InChI=1S/C18H28N2O.ClH/c1-17(2,3)14-5-7-15(8-6-14)18(10-4-11-18)13-20-16(21)9-12-19;/h5-8H,4,9-13,19H2,1-3H3,(H,20,21);1H. The highest BCUT2D eigenvalue weighted by Crippen LogP contribution is 2.43. The highest BCUT2D eigenvalue weighted by atomic mass is 35.5. The normalized spacial score (nSPS) is 16.4. The summed E-state index contributed by atoms with van der Waals surface area (Å²) in [6.45, 7) is 7.84. The number of halogens is 1. The van der Waals surface area contributed by atoms with Crippen LogP contribution in [0.1, 0.15) is 57.6 Å². The van der Waals surface area contributed by atoms with E-state index < -0.39 is 0 Å². The maximum absolute atomic E-state index is 11.7. The van der Waals surface area contributed by atoms with Crippen molar-refractivity contribution in [3.8, 4) is 0 Å². The molecule has 0 bridgehead atoms. The highest BCUT2D eigenvalue weighted by Gasteiger charge is 2.38. The molecule has 0 aliphatic heterocycles. The quantitative estimate of drug-likeness (QED) is 0.873. The second-order valence-electron chi connectivity index (χ2n) is 7.28. The number of carbonyl (C=O) groups is 1. The maximum atomic E-state index is 11.7. The summed E-state index contributed by atoms with van der Waals surface area (Å²) < 4.78 is 0. The summed E-state index contributed by atoms with van der Waals surface area (Å²) in [5.74, 6) is 0.0649. The third kappa shape index (κ3) is 4.23. The smallest absolute Gasteiger partial charge is 0.221 e. The molecule has 1 aliphatic rings. The van der Waals surface area contributed by atoms with Crippen molar-refractivity contribution in [2.24, 2.45) is 5.73 Å². The predicted molar refractivity (Wildman–Crippen MR) is 94.6 cm³/mol. The molecular formula is C18H29ClN2O. The topological polar surface area (TPSA) is 55.1 Å². The zero-order valence-corrected chi connectivity index (χ0v) is 14.8. The van der Waals surface area contributed by atoms with E-state index in [1.807, 2.05) is 0 Å². The van der Waals surface area contributed by atoms with E-state index in [1.54, 1.807) is 0 Å². The molecule has 0 saturated heterocycles. The van der Waals surface area contributed by atoms with Gasteiger partial charge in [0, 0.05) is 24.9 Å². The Bertz CT molecular complexity index is 487. The van der Waals surface area contributed by atoms with Crippen LogP contribution in [-0.4, -0.2) is 19.0 Å². The summed E-state index contributed by atoms with van der Waals surface area (Å²) in [5, 5.41) is 3.05. The van der Waals surface area contributed by atoms with Gasteiger partial charge in [-0.05, 0) is 29.4 Å².